The number of amides is 2. The van der Waals surface area contributed by atoms with Gasteiger partial charge < -0.3 is 26.6 Å². The van der Waals surface area contributed by atoms with Crippen LogP contribution in [0.25, 0.3) is 0 Å². The van der Waals surface area contributed by atoms with Crippen molar-refractivity contribution in [1.82, 2.24) is 10.6 Å². The molecule has 0 saturated carbocycles. The Kier molecular flexibility index (Phi) is 29.5. The fourth-order valence-electron chi connectivity index (χ4n) is 4.76. The predicted octanol–water partition coefficient (Wildman–Crippen LogP) is 7.07. The lowest BCUT2D eigenvalue weighted by Crippen LogP contribution is -2.41. The van der Waals surface area contributed by atoms with E-state index in [2.05, 4.69) is 10.6 Å². The largest absolute Gasteiger partial charge is 0.480 e. The Labute approximate surface area is 268 Å². The van der Waals surface area contributed by atoms with Crippen LogP contribution in [0.5, 0.6) is 0 Å². The molecule has 252 valence electrons. The van der Waals surface area contributed by atoms with Gasteiger partial charge in [-0.2, -0.15) is 0 Å². The van der Waals surface area contributed by atoms with Crippen LogP contribution in [-0.2, 0) is 19.2 Å². The summed E-state index contributed by atoms with van der Waals surface area (Å²) in [5, 5.41) is 24.1. The highest BCUT2D eigenvalue weighted by Gasteiger charge is 2.21. The van der Waals surface area contributed by atoms with E-state index in [0.29, 0.717) is 37.2 Å². The van der Waals surface area contributed by atoms with E-state index >= 15 is 0 Å². The molecule has 0 bridgehead atoms. The highest BCUT2D eigenvalue weighted by Crippen LogP contribution is 2.24. The molecule has 9 nitrogen and oxygen atoms in total. The molecule has 6 N–H and O–H groups in total. The molecule has 0 aliphatic carbocycles. The lowest BCUT2D eigenvalue weighted by Gasteiger charge is -2.15. The average molecular weight is 648 g/mol. The Hall–Kier alpha value is -1.46. The number of carboxylic acids is 2. The molecule has 2 unspecified atom stereocenters. The summed E-state index contributed by atoms with van der Waals surface area (Å²) >= 11 is 0. The van der Waals surface area contributed by atoms with Crippen molar-refractivity contribution < 1.29 is 29.4 Å². The van der Waals surface area contributed by atoms with Gasteiger partial charge >= 0.3 is 11.9 Å². The zero-order valence-electron chi connectivity index (χ0n) is 26.8. The molecule has 0 saturated heterocycles. The number of carbonyl (C=O) groups excluding carboxylic acids is 2. The summed E-state index contributed by atoms with van der Waals surface area (Å²) in [6.07, 6.45) is 22.3. The van der Waals surface area contributed by atoms with E-state index in [1.807, 2.05) is 6.92 Å². The third-order valence-corrected chi connectivity index (χ3v) is 9.92. The second kappa shape index (κ2) is 30.6. The van der Waals surface area contributed by atoms with E-state index in [0.717, 1.165) is 51.5 Å². The molecule has 0 heterocycles. The van der Waals surface area contributed by atoms with Crippen molar-refractivity contribution in [1.29, 1.82) is 0 Å². The second-order valence-electron chi connectivity index (χ2n) is 11.4. The number of nitrogens with one attached hydrogen (secondary N) is 2. The van der Waals surface area contributed by atoms with Crippen LogP contribution in [0.3, 0.4) is 0 Å². The normalized spacial score (nSPS) is 12.5. The molecular weight excluding hydrogens is 587 g/mol. The van der Waals surface area contributed by atoms with E-state index in [9.17, 15) is 29.4 Å². The summed E-state index contributed by atoms with van der Waals surface area (Å²) in [6, 6.07) is -1.85. The molecule has 11 heteroatoms. The van der Waals surface area contributed by atoms with Gasteiger partial charge in [-0.15, -0.1) is 0 Å². The zero-order valence-corrected chi connectivity index (χ0v) is 28.4. The van der Waals surface area contributed by atoms with Gasteiger partial charge in [0.25, 0.3) is 0 Å². The quantitative estimate of drug-likeness (QED) is 0.0380. The Morgan fingerprint density at radius 1 is 0.558 bits per heavy atom. The molecule has 0 aromatic heterocycles. The highest BCUT2D eigenvalue weighted by atomic mass is 33.1. The number of hydrogen-bond donors (Lipinski definition) is 5. The number of carbonyl (C=O) groups is 4. The average Bonchev–Trinajstić information content (AvgIpc) is 2.97. The number of aliphatic carboxylic acids is 2. The summed E-state index contributed by atoms with van der Waals surface area (Å²) in [5.41, 5.74) is 5.52. The molecule has 0 fully saturated rings. The van der Waals surface area contributed by atoms with Crippen molar-refractivity contribution >= 4 is 45.3 Å². The van der Waals surface area contributed by atoms with Crippen LogP contribution in [0.2, 0.25) is 0 Å². The molecule has 2 atom stereocenters. The van der Waals surface area contributed by atoms with Crippen molar-refractivity contribution in [2.45, 2.75) is 160 Å². The molecule has 0 aliphatic rings. The third kappa shape index (κ3) is 27.8. The number of rotatable bonds is 32. The van der Waals surface area contributed by atoms with Gasteiger partial charge in [-0.1, -0.05) is 125 Å². The number of nitrogens with two attached hydrogens (primary N) is 1. The maximum Gasteiger partial charge on any atom is 0.326 e. The van der Waals surface area contributed by atoms with Crippen LogP contribution in [0.1, 0.15) is 148 Å². The molecule has 0 aromatic rings. The predicted molar refractivity (Wildman–Crippen MR) is 180 cm³/mol. The molecule has 0 rings (SSSR count). The van der Waals surface area contributed by atoms with Crippen molar-refractivity contribution in [3.05, 3.63) is 0 Å². The van der Waals surface area contributed by atoms with Crippen LogP contribution in [-0.4, -0.2) is 64.1 Å². The van der Waals surface area contributed by atoms with Crippen molar-refractivity contribution in [3.63, 3.8) is 0 Å². The summed E-state index contributed by atoms with van der Waals surface area (Å²) in [4.78, 5) is 47.2. The van der Waals surface area contributed by atoms with Gasteiger partial charge in [0.1, 0.15) is 12.1 Å². The van der Waals surface area contributed by atoms with Gasteiger partial charge in [-0.3, -0.25) is 9.59 Å². The molecule has 0 aromatic carbocycles. The van der Waals surface area contributed by atoms with Gasteiger partial charge in [0, 0.05) is 24.3 Å². The number of unbranched alkanes of at least 4 members (excludes halogenated alkanes) is 16. The first-order chi connectivity index (χ1) is 20.8. The first kappa shape index (κ1) is 41.5. The summed E-state index contributed by atoms with van der Waals surface area (Å²) in [7, 11) is 2.90. The van der Waals surface area contributed by atoms with Crippen LogP contribution in [0.4, 0.5) is 0 Å². The fraction of sp³-hybridized carbons (Fsp3) is 0.875. The maximum atomic E-state index is 12.3. The Morgan fingerprint density at radius 2 is 0.884 bits per heavy atom. The van der Waals surface area contributed by atoms with Crippen LogP contribution in [0.15, 0.2) is 0 Å². The molecule has 2 amide bonds. The topological polar surface area (TPSA) is 159 Å². The monoisotopic (exact) mass is 647 g/mol. The SMILES string of the molecule is CCCCCC(=O)NC(CCSSCCC(NC(=O)CCCCCCCCCCCCCCCCCN)C(=O)O)C(=O)O. The van der Waals surface area contributed by atoms with Gasteiger partial charge in [0.05, 0.1) is 0 Å². The van der Waals surface area contributed by atoms with E-state index in [4.69, 9.17) is 5.73 Å². The minimum Gasteiger partial charge on any atom is -0.480 e. The van der Waals surface area contributed by atoms with Gasteiger partial charge in [0.2, 0.25) is 11.8 Å². The minimum absolute atomic E-state index is 0.219. The number of carboxylic acid groups (broad SMARTS) is 2. The summed E-state index contributed by atoms with van der Waals surface area (Å²) in [6.45, 7) is 2.86. The lowest BCUT2D eigenvalue weighted by atomic mass is 10.0. The lowest BCUT2D eigenvalue weighted by molar-refractivity contribution is -0.142. The van der Waals surface area contributed by atoms with Crippen molar-refractivity contribution in [3.8, 4) is 0 Å². The van der Waals surface area contributed by atoms with Crippen LogP contribution < -0.4 is 16.4 Å². The van der Waals surface area contributed by atoms with E-state index in [1.165, 1.54) is 92.2 Å². The van der Waals surface area contributed by atoms with Gasteiger partial charge in [0.15, 0.2) is 0 Å². The molecule has 0 radical (unpaired) electrons. The van der Waals surface area contributed by atoms with Crippen molar-refractivity contribution in [2.75, 3.05) is 18.1 Å². The molecule has 43 heavy (non-hydrogen) atoms. The van der Waals surface area contributed by atoms with E-state index < -0.39 is 24.0 Å². The Bertz CT molecular complexity index is 729. The minimum atomic E-state index is -1.05. The molecule has 0 spiro atoms. The highest BCUT2D eigenvalue weighted by molar-refractivity contribution is 8.76. The van der Waals surface area contributed by atoms with Gasteiger partial charge in [-0.25, -0.2) is 9.59 Å². The fourth-order valence-corrected chi connectivity index (χ4v) is 6.95. The standard InChI is InChI=1S/C32H61N3O6S2/c1-2-3-17-20-29(36)34-27(31(38)39)22-25-42-43-26-23-28(32(40)41)35-30(37)21-18-15-13-11-9-7-5-4-6-8-10-12-14-16-19-24-33/h27-28H,2-26,33H2,1H3,(H,34,36)(H,35,37)(H,38,39)(H,40,41). The summed E-state index contributed by atoms with van der Waals surface area (Å²) in [5.74, 6) is -1.53. The Balaban J connectivity index is 3.82. The smallest absolute Gasteiger partial charge is 0.326 e. The second-order valence-corrected chi connectivity index (χ2v) is 14.1. The van der Waals surface area contributed by atoms with Crippen molar-refractivity contribution in [2.24, 2.45) is 5.73 Å². The van der Waals surface area contributed by atoms with Crippen LogP contribution in [0, 0.1) is 0 Å². The molecular formula is C32H61N3O6S2. The third-order valence-electron chi connectivity index (χ3n) is 7.45. The van der Waals surface area contributed by atoms with Crippen LogP contribution >= 0.6 is 21.6 Å². The number of hydrogen-bond acceptors (Lipinski definition) is 7. The molecule has 0 aliphatic heterocycles. The maximum absolute atomic E-state index is 12.3. The Morgan fingerprint density at radius 3 is 1.21 bits per heavy atom. The van der Waals surface area contributed by atoms with E-state index in [1.54, 1.807) is 0 Å². The first-order valence-electron chi connectivity index (χ1n) is 16.8. The zero-order chi connectivity index (χ0) is 32.0. The summed E-state index contributed by atoms with van der Waals surface area (Å²) < 4.78 is 0. The van der Waals surface area contributed by atoms with Gasteiger partial charge in [-0.05, 0) is 38.6 Å². The van der Waals surface area contributed by atoms with E-state index in [-0.39, 0.29) is 11.8 Å². The first-order valence-corrected chi connectivity index (χ1v) is 19.3.